The first-order chi connectivity index (χ1) is 12.7. The Kier molecular flexibility index (Phi) is 4.40. The van der Waals surface area contributed by atoms with E-state index in [0.29, 0.717) is 22.3 Å². The average Bonchev–Trinajstić information content (AvgIpc) is 3.37. The zero-order valence-electron chi connectivity index (χ0n) is 13.9. The van der Waals surface area contributed by atoms with Crippen LogP contribution in [0.4, 0.5) is 5.69 Å². The highest BCUT2D eigenvalue weighted by Gasteiger charge is 2.33. The number of hydrogen-bond acceptors (Lipinski definition) is 5. The van der Waals surface area contributed by atoms with Crippen LogP contribution in [-0.4, -0.2) is 16.0 Å². The lowest BCUT2D eigenvalue weighted by Crippen LogP contribution is -2.31. The summed E-state index contributed by atoms with van der Waals surface area (Å²) in [6, 6.07) is 11.4. The standard InChI is InChI=1S/C19H15N3O2S2/c1-2-12-6-3-4-7-15(12)22-18(23)14(21-19(22)25)10-13-11-26-17(20-13)16-8-5-9-24-16/h3-11H,2H2,1H3,(H,21,25)/b14-10-. The molecule has 3 heterocycles. The van der Waals surface area contributed by atoms with Crippen LogP contribution >= 0.6 is 23.6 Å². The number of thiocarbonyl (C=S) groups is 1. The number of thiazole rings is 1. The van der Waals surface area contributed by atoms with E-state index in [0.717, 1.165) is 22.7 Å². The minimum absolute atomic E-state index is 0.177. The molecule has 1 aliphatic rings. The van der Waals surface area contributed by atoms with Gasteiger partial charge < -0.3 is 9.73 Å². The lowest BCUT2D eigenvalue weighted by Gasteiger charge is -2.17. The molecule has 1 fully saturated rings. The predicted octanol–water partition coefficient (Wildman–Crippen LogP) is 4.23. The molecule has 5 nitrogen and oxygen atoms in total. The highest BCUT2D eigenvalue weighted by Crippen LogP contribution is 2.28. The minimum atomic E-state index is -0.177. The zero-order chi connectivity index (χ0) is 18.1. The molecule has 1 amide bonds. The summed E-state index contributed by atoms with van der Waals surface area (Å²) in [5.41, 5.74) is 2.98. The molecule has 0 unspecified atom stereocenters. The van der Waals surface area contributed by atoms with Crippen LogP contribution in [0.3, 0.4) is 0 Å². The molecule has 0 aliphatic carbocycles. The molecule has 0 radical (unpaired) electrons. The monoisotopic (exact) mass is 381 g/mol. The number of aryl methyl sites for hydroxylation is 1. The summed E-state index contributed by atoms with van der Waals surface area (Å²) >= 11 is 6.85. The summed E-state index contributed by atoms with van der Waals surface area (Å²) < 4.78 is 5.36. The van der Waals surface area contributed by atoms with Gasteiger partial charge in [0.15, 0.2) is 15.9 Å². The van der Waals surface area contributed by atoms with E-state index >= 15 is 0 Å². The van der Waals surface area contributed by atoms with Gasteiger partial charge in [-0.1, -0.05) is 25.1 Å². The van der Waals surface area contributed by atoms with E-state index in [9.17, 15) is 4.79 Å². The molecule has 2 aromatic heterocycles. The van der Waals surface area contributed by atoms with Crippen LogP contribution in [0, 0.1) is 0 Å². The molecule has 1 aliphatic heterocycles. The van der Waals surface area contributed by atoms with Crippen molar-refractivity contribution in [2.45, 2.75) is 13.3 Å². The fraction of sp³-hybridized carbons (Fsp3) is 0.105. The number of benzene rings is 1. The number of hydrogen-bond donors (Lipinski definition) is 1. The van der Waals surface area contributed by atoms with Crippen molar-refractivity contribution in [1.82, 2.24) is 10.3 Å². The fourth-order valence-electron chi connectivity index (χ4n) is 2.80. The number of para-hydroxylation sites is 1. The number of furan rings is 1. The van der Waals surface area contributed by atoms with Gasteiger partial charge in [-0.15, -0.1) is 11.3 Å². The van der Waals surface area contributed by atoms with Crippen molar-refractivity contribution < 1.29 is 9.21 Å². The molecule has 1 aromatic carbocycles. The maximum atomic E-state index is 12.9. The number of nitrogens with one attached hydrogen (secondary N) is 1. The van der Waals surface area contributed by atoms with Crippen molar-refractivity contribution in [3.8, 4) is 10.8 Å². The van der Waals surface area contributed by atoms with E-state index in [1.807, 2.05) is 41.8 Å². The molecule has 7 heteroatoms. The fourth-order valence-corrected chi connectivity index (χ4v) is 3.83. The van der Waals surface area contributed by atoms with Gasteiger partial charge in [-0.25, -0.2) is 4.98 Å². The Balaban J connectivity index is 1.64. The van der Waals surface area contributed by atoms with Crippen LogP contribution < -0.4 is 10.2 Å². The number of carbonyl (C=O) groups is 1. The predicted molar refractivity (Wildman–Crippen MR) is 107 cm³/mol. The van der Waals surface area contributed by atoms with Gasteiger partial charge in [-0.05, 0) is 48.5 Å². The van der Waals surface area contributed by atoms with Crippen LogP contribution in [-0.2, 0) is 11.2 Å². The third-order valence-corrected chi connectivity index (χ3v) is 5.20. The first kappa shape index (κ1) is 16.7. The second kappa shape index (κ2) is 6.86. The number of rotatable bonds is 4. The van der Waals surface area contributed by atoms with Crippen LogP contribution in [0.5, 0.6) is 0 Å². The third kappa shape index (κ3) is 2.95. The number of carbonyl (C=O) groups excluding carboxylic acids is 1. The van der Waals surface area contributed by atoms with E-state index in [1.165, 1.54) is 11.3 Å². The van der Waals surface area contributed by atoms with E-state index in [2.05, 4.69) is 17.2 Å². The zero-order valence-corrected chi connectivity index (χ0v) is 15.6. The van der Waals surface area contributed by atoms with Gasteiger partial charge in [-0.3, -0.25) is 9.69 Å². The summed E-state index contributed by atoms with van der Waals surface area (Å²) in [6.07, 6.45) is 4.14. The molecule has 0 spiro atoms. The van der Waals surface area contributed by atoms with Crippen molar-refractivity contribution in [3.63, 3.8) is 0 Å². The van der Waals surface area contributed by atoms with Gasteiger partial charge in [0.2, 0.25) is 0 Å². The van der Waals surface area contributed by atoms with Crippen molar-refractivity contribution >= 4 is 46.3 Å². The molecular formula is C19H15N3O2S2. The van der Waals surface area contributed by atoms with Gasteiger partial charge in [0.25, 0.3) is 5.91 Å². The molecule has 4 rings (SSSR count). The Hall–Kier alpha value is -2.77. The van der Waals surface area contributed by atoms with Gasteiger partial charge in [0, 0.05) is 5.38 Å². The molecule has 26 heavy (non-hydrogen) atoms. The Labute approximate surface area is 160 Å². The normalized spacial score (nSPS) is 15.7. The lowest BCUT2D eigenvalue weighted by molar-refractivity contribution is -0.113. The number of aromatic nitrogens is 1. The summed E-state index contributed by atoms with van der Waals surface area (Å²) in [6.45, 7) is 2.05. The number of nitrogens with zero attached hydrogens (tertiary/aromatic N) is 2. The Morgan fingerprint density at radius 1 is 1.31 bits per heavy atom. The summed E-state index contributed by atoms with van der Waals surface area (Å²) in [5.74, 6) is 0.530. The number of amides is 1. The van der Waals surface area contributed by atoms with Crippen molar-refractivity contribution in [1.29, 1.82) is 0 Å². The third-order valence-electron chi connectivity index (χ3n) is 4.04. The molecule has 130 valence electrons. The van der Waals surface area contributed by atoms with E-state index < -0.39 is 0 Å². The van der Waals surface area contributed by atoms with E-state index in [4.69, 9.17) is 16.6 Å². The maximum Gasteiger partial charge on any atom is 0.281 e. The van der Waals surface area contributed by atoms with Crippen LogP contribution in [0.2, 0.25) is 0 Å². The highest BCUT2D eigenvalue weighted by molar-refractivity contribution is 7.80. The second-order valence-electron chi connectivity index (χ2n) is 5.67. The van der Waals surface area contributed by atoms with Gasteiger partial charge in [-0.2, -0.15) is 0 Å². The first-order valence-electron chi connectivity index (χ1n) is 8.12. The smallest absolute Gasteiger partial charge is 0.281 e. The Morgan fingerprint density at radius 3 is 2.92 bits per heavy atom. The average molecular weight is 381 g/mol. The highest BCUT2D eigenvalue weighted by atomic mass is 32.1. The van der Waals surface area contributed by atoms with Crippen molar-refractivity contribution in [2.75, 3.05) is 4.90 Å². The molecular weight excluding hydrogens is 366 g/mol. The molecule has 1 saturated heterocycles. The Morgan fingerprint density at radius 2 is 2.15 bits per heavy atom. The van der Waals surface area contributed by atoms with Gasteiger partial charge >= 0.3 is 0 Å². The molecule has 0 saturated carbocycles. The summed E-state index contributed by atoms with van der Waals surface area (Å²) in [7, 11) is 0. The quantitative estimate of drug-likeness (QED) is 0.541. The van der Waals surface area contributed by atoms with Crippen molar-refractivity contribution in [3.05, 3.63) is 65.0 Å². The molecule has 3 aromatic rings. The maximum absolute atomic E-state index is 12.9. The Bertz CT molecular complexity index is 1010. The molecule has 0 atom stereocenters. The largest absolute Gasteiger partial charge is 0.462 e. The van der Waals surface area contributed by atoms with Gasteiger partial charge in [0.05, 0.1) is 17.6 Å². The first-order valence-corrected chi connectivity index (χ1v) is 9.40. The van der Waals surface area contributed by atoms with E-state index in [1.54, 1.807) is 17.2 Å². The SMILES string of the molecule is CCc1ccccc1N1C(=O)/C(=C/c2csc(-c3ccco3)n2)NC1=S. The summed E-state index contributed by atoms with van der Waals surface area (Å²) in [5, 5.41) is 6.03. The van der Waals surface area contributed by atoms with Crippen LogP contribution in [0.25, 0.3) is 16.8 Å². The van der Waals surface area contributed by atoms with Crippen molar-refractivity contribution in [2.24, 2.45) is 0 Å². The molecule has 0 bridgehead atoms. The number of anilines is 1. The van der Waals surface area contributed by atoms with Gasteiger partial charge in [0.1, 0.15) is 5.70 Å². The minimum Gasteiger partial charge on any atom is -0.462 e. The van der Waals surface area contributed by atoms with Crippen LogP contribution in [0.1, 0.15) is 18.2 Å². The summed E-state index contributed by atoms with van der Waals surface area (Å²) in [4.78, 5) is 18.9. The topological polar surface area (TPSA) is 58.4 Å². The second-order valence-corrected chi connectivity index (χ2v) is 6.91. The van der Waals surface area contributed by atoms with E-state index in [-0.39, 0.29) is 5.91 Å². The molecule has 1 N–H and O–H groups in total. The lowest BCUT2D eigenvalue weighted by atomic mass is 10.1. The van der Waals surface area contributed by atoms with Crippen LogP contribution in [0.15, 0.2) is 58.2 Å².